The van der Waals surface area contributed by atoms with Crippen LogP contribution in [0, 0.1) is 0 Å². The predicted molar refractivity (Wildman–Crippen MR) is 59.3 cm³/mol. The van der Waals surface area contributed by atoms with Gasteiger partial charge in [0.2, 0.25) is 0 Å². The van der Waals surface area contributed by atoms with Crippen LogP contribution in [-0.4, -0.2) is 18.3 Å². The van der Waals surface area contributed by atoms with Crippen LogP contribution >= 0.6 is 15.9 Å². The van der Waals surface area contributed by atoms with Crippen LogP contribution in [0.2, 0.25) is 0 Å². The summed E-state index contributed by atoms with van der Waals surface area (Å²) in [5.74, 6) is 0. The molecule has 1 heterocycles. The van der Waals surface area contributed by atoms with Gasteiger partial charge in [-0.3, -0.25) is 4.79 Å². The minimum Gasteiger partial charge on any atom is -0.398 e. The molecule has 0 fully saturated rings. The van der Waals surface area contributed by atoms with Crippen molar-refractivity contribution in [2.75, 3.05) is 19.5 Å². The fourth-order valence-electron chi connectivity index (χ4n) is 1.17. The van der Waals surface area contributed by atoms with Crippen LogP contribution in [-0.2, 0) is 11.3 Å². The number of anilines is 1. The van der Waals surface area contributed by atoms with Gasteiger partial charge < -0.3 is 15.0 Å². The zero-order valence-electron chi connectivity index (χ0n) is 8.00. The Balaban J connectivity index is 2.81. The van der Waals surface area contributed by atoms with Gasteiger partial charge in [-0.15, -0.1) is 0 Å². The smallest absolute Gasteiger partial charge is 0.264 e. The SMILES string of the molecule is COCCCn1cc(N)cc(Br)c1=O. The molecule has 1 aromatic heterocycles. The number of aromatic nitrogens is 1. The molecule has 2 N–H and O–H groups in total. The van der Waals surface area contributed by atoms with E-state index in [0.29, 0.717) is 23.3 Å². The van der Waals surface area contributed by atoms with Gasteiger partial charge in [-0.1, -0.05) is 0 Å². The number of nitrogens with zero attached hydrogens (tertiary/aromatic N) is 1. The topological polar surface area (TPSA) is 57.2 Å². The third kappa shape index (κ3) is 2.85. The van der Waals surface area contributed by atoms with Gasteiger partial charge in [-0.25, -0.2) is 0 Å². The molecule has 0 unspecified atom stereocenters. The van der Waals surface area contributed by atoms with Gasteiger partial charge in [-0.2, -0.15) is 0 Å². The molecule has 0 amide bonds. The lowest BCUT2D eigenvalue weighted by molar-refractivity contribution is 0.190. The molecule has 0 aromatic carbocycles. The molecule has 14 heavy (non-hydrogen) atoms. The molecule has 0 atom stereocenters. The van der Waals surface area contributed by atoms with Gasteiger partial charge >= 0.3 is 0 Å². The van der Waals surface area contributed by atoms with E-state index in [4.69, 9.17) is 10.5 Å². The number of nitrogen functional groups attached to an aromatic ring is 1. The summed E-state index contributed by atoms with van der Waals surface area (Å²) < 4.78 is 6.98. The molecule has 4 nitrogen and oxygen atoms in total. The molecule has 1 rings (SSSR count). The average Bonchev–Trinajstić information content (AvgIpc) is 2.13. The summed E-state index contributed by atoms with van der Waals surface area (Å²) in [6, 6.07) is 1.61. The molecule has 0 aliphatic rings. The van der Waals surface area contributed by atoms with Crippen molar-refractivity contribution in [3.63, 3.8) is 0 Å². The maximum Gasteiger partial charge on any atom is 0.264 e. The number of hydrogen-bond acceptors (Lipinski definition) is 3. The summed E-state index contributed by atoms with van der Waals surface area (Å²) in [5, 5.41) is 0. The number of aryl methyl sites for hydroxylation is 1. The number of pyridine rings is 1. The molecule has 0 spiro atoms. The molecule has 78 valence electrons. The van der Waals surface area contributed by atoms with E-state index in [-0.39, 0.29) is 5.56 Å². The predicted octanol–water partition coefficient (Wildman–Crippen LogP) is 1.23. The van der Waals surface area contributed by atoms with Gasteiger partial charge in [0, 0.05) is 32.1 Å². The molecule has 0 saturated carbocycles. The van der Waals surface area contributed by atoms with Crippen molar-refractivity contribution in [1.82, 2.24) is 4.57 Å². The van der Waals surface area contributed by atoms with E-state index in [0.717, 1.165) is 6.42 Å². The Bertz CT molecular complexity index is 362. The van der Waals surface area contributed by atoms with Gasteiger partial charge in [0.25, 0.3) is 5.56 Å². The van der Waals surface area contributed by atoms with Crippen LogP contribution in [0.25, 0.3) is 0 Å². The van der Waals surface area contributed by atoms with Crippen LogP contribution in [0.5, 0.6) is 0 Å². The van der Waals surface area contributed by atoms with Crippen molar-refractivity contribution in [1.29, 1.82) is 0 Å². The zero-order chi connectivity index (χ0) is 10.6. The monoisotopic (exact) mass is 260 g/mol. The number of rotatable bonds is 4. The first-order chi connectivity index (χ1) is 6.65. The normalized spacial score (nSPS) is 10.4. The Morgan fingerprint density at radius 1 is 1.64 bits per heavy atom. The largest absolute Gasteiger partial charge is 0.398 e. The molecular weight excluding hydrogens is 248 g/mol. The Morgan fingerprint density at radius 2 is 2.36 bits per heavy atom. The Morgan fingerprint density at radius 3 is 3.00 bits per heavy atom. The number of nitrogens with two attached hydrogens (primary N) is 1. The minimum absolute atomic E-state index is 0.0599. The van der Waals surface area contributed by atoms with Crippen LogP contribution in [0.4, 0.5) is 5.69 Å². The maximum atomic E-state index is 11.5. The Hall–Kier alpha value is -0.810. The summed E-state index contributed by atoms with van der Waals surface area (Å²) in [5.41, 5.74) is 6.13. The molecule has 1 aromatic rings. The van der Waals surface area contributed by atoms with E-state index in [1.54, 1.807) is 23.9 Å². The molecule has 0 aliphatic carbocycles. The quantitative estimate of drug-likeness (QED) is 0.829. The van der Waals surface area contributed by atoms with Crippen molar-refractivity contribution in [3.8, 4) is 0 Å². The number of hydrogen-bond donors (Lipinski definition) is 1. The first-order valence-electron chi connectivity index (χ1n) is 4.29. The van der Waals surface area contributed by atoms with E-state index in [9.17, 15) is 4.79 Å². The zero-order valence-corrected chi connectivity index (χ0v) is 9.58. The molecule has 5 heteroatoms. The lowest BCUT2D eigenvalue weighted by Gasteiger charge is -2.06. The van der Waals surface area contributed by atoms with E-state index in [2.05, 4.69) is 15.9 Å². The number of halogens is 1. The number of ether oxygens (including phenoxy) is 1. The minimum atomic E-state index is -0.0599. The van der Waals surface area contributed by atoms with Crippen LogP contribution < -0.4 is 11.3 Å². The van der Waals surface area contributed by atoms with Crippen LogP contribution in [0.3, 0.4) is 0 Å². The second-order valence-electron chi connectivity index (χ2n) is 2.97. The lowest BCUT2D eigenvalue weighted by Crippen LogP contribution is -2.21. The standard InChI is InChI=1S/C9H13BrN2O2/c1-14-4-2-3-12-6-7(11)5-8(10)9(12)13/h5-6H,2-4,11H2,1H3. The van der Waals surface area contributed by atoms with Crippen molar-refractivity contribution in [2.24, 2.45) is 0 Å². The second-order valence-corrected chi connectivity index (χ2v) is 3.82. The summed E-state index contributed by atoms with van der Waals surface area (Å²) in [4.78, 5) is 11.5. The summed E-state index contributed by atoms with van der Waals surface area (Å²) in [6.45, 7) is 1.26. The molecule has 0 saturated heterocycles. The fourth-order valence-corrected chi connectivity index (χ4v) is 1.66. The fraction of sp³-hybridized carbons (Fsp3) is 0.444. The van der Waals surface area contributed by atoms with Crippen molar-refractivity contribution >= 4 is 21.6 Å². The van der Waals surface area contributed by atoms with E-state index >= 15 is 0 Å². The molecule has 0 bridgehead atoms. The maximum absolute atomic E-state index is 11.5. The van der Waals surface area contributed by atoms with Gasteiger partial charge in [0.15, 0.2) is 0 Å². The van der Waals surface area contributed by atoms with Crippen molar-refractivity contribution < 1.29 is 4.74 Å². The average molecular weight is 261 g/mol. The Labute approximate surface area is 90.8 Å². The third-order valence-electron chi connectivity index (χ3n) is 1.81. The van der Waals surface area contributed by atoms with E-state index < -0.39 is 0 Å². The first-order valence-corrected chi connectivity index (χ1v) is 5.09. The highest BCUT2D eigenvalue weighted by Gasteiger charge is 2.01. The van der Waals surface area contributed by atoms with Gasteiger partial charge in [-0.05, 0) is 28.4 Å². The van der Waals surface area contributed by atoms with Gasteiger partial charge in [0.1, 0.15) is 0 Å². The van der Waals surface area contributed by atoms with E-state index in [1.807, 2.05) is 0 Å². The summed E-state index contributed by atoms with van der Waals surface area (Å²) in [7, 11) is 1.64. The lowest BCUT2D eigenvalue weighted by atomic mass is 10.4. The highest BCUT2D eigenvalue weighted by atomic mass is 79.9. The first kappa shape index (κ1) is 11.3. The third-order valence-corrected chi connectivity index (χ3v) is 2.38. The van der Waals surface area contributed by atoms with Crippen molar-refractivity contribution in [2.45, 2.75) is 13.0 Å². The summed E-state index contributed by atoms with van der Waals surface area (Å²) >= 11 is 3.16. The van der Waals surface area contributed by atoms with Crippen LogP contribution in [0.1, 0.15) is 6.42 Å². The second kappa shape index (κ2) is 5.17. The number of methoxy groups -OCH3 is 1. The Kier molecular flexibility index (Phi) is 4.16. The summed E-state index contributed by atoms with van der Waals surface area (Å²) in [6.07, 6.45) is 2.44. The molecule has 0 radical (unpaired) electrons. The highest BCUT2D eigenvalue weighted by Crippen LogP contribution is 2.08. The van der Waals surface area contributed by atoms with E-state index in [1.165, 1.54) is 0 Å². The highest BCUT2D eigenvalue weighted by molar-refractivity contribution is 9.10. The van der Waals surface area contributed by atoms with Crippen molar-refractivity contribution in [3.05, 3.63) is 27.1 Å². The molecular formula is C9H13BrN2O2. The van der Waals surface area contributed by atoms with Crippen LogP contribution in [0.15, 0.2) is 21.5 Å². The molecule has 0 aliphatic heterocycles. The van der Waals surface area contributed by atoms with Gasteiger partial charge in [0.05, 0.1) is 4.47 Å².